The Kier molecular flexibility index (Phi) is 3.64. The molecule has 0 aliphatic rings. The van der Waals surface area contributed by atoms with Crippen LogP contribution in [0.3, 0.4) is 0 Å². The van der Waals surface area contributed by atoms with Crippen molar-refractivity contribution in [1.82, 2.24) is 14.5 Å². The van der Waals surface area contributed by atoms with Crippen molar-refractivity contribution in [2.75, 3.05) is 6.61 Å². The lowest BCUT2D eigenvalue weighted by atomic mass is 10.2. The van der Waals surface area contributed by atoms with E-state index in [2.05, 4.69) is 9.97 Å². The molecule has 0 saturated heterocycles. The van der Waals surface area contributed by atoms with E-state index in [1.807, 2.05) is 35.8 Å². The highest BCUT2D eigenvalue weighted by Crippen LogP contribution is 2.15. The number of fused-ring (bicyclic) bond motifs is 1. The Morgan fingerprint density at radius 3 is 3.00 bits per heavy atom. The summed E-state index contributed by atoms with van der Waals surface area (Å²) in [5.74, 6) is 0.589. The van der Waals surface area contributed by atoms with Gasteiger partial charge in [-0.3, -0.25) is 9.78 Å². The summed E-state index contributed by atoms with van der Waals surface area (Å²) in [6.45, 7) is 2.68. The van der Waals surface area contributed by atoms with Crippen LogP contribution in [-0.4, -0.2) is 26.9 Å². The minimum absolute atomic E-state index is 0.0211. The van der Waals surface area contributed by atoms with Crippen LogP contribution in [0.4, 0.5) is 0 Å². The van der Waals surface area contributed by atoms with Crippen molar-refractivity contribution in [2.45, 2.75) is 13.5 Å². The number of aromatic nitrogens is 3. The van der Waals surface area contributed by atoms with E-state index >= 15 is 0 Å². The average molecular weight is 281 g/mol. The number of ketones is 1. The van der Waals surface area contributed by atoms with Gasteiger partial charge in [-0.1, -0.05) is 12.1 Å². The Bertz CT molecular complexity index is 780. The molecule has 0 saturated carbocycles. The van der Waals surface area contributed by atoms with E-state index in [0.29, 0.717) is 17.9 Å². The Labute approximate surface area is 122 Å². The molecule has 0 radical (unpaired) electrons. The first-order valence-electron chi connectivity index (χ1n) is 6.79. The predicted octanol–water partition coefficient (Wildman–Crippen LogP) is 2.71. The zero-order chi connectivity index (χ0) is 14.7. The summed E-state index contributed by atoms with van der Waals surface area (Å²) in [4.78, 5) is 20.7. The number of nitrogens with zero attached hydrogens (tertiary/aromatic N) is 3. The number of ether oxygens (including phenoxy) is 1. The Morgan fingerprint density at radius 2 is 2.14 bits per heavy atom. The summed E-state index contributed by atoms with van der Waals surface area (Å²) in [6.07, 6.45) is 4.85. The summed E-state index contributed by atoms with van der Waals surface area (Å²) < 4.78 is 7.21. The summed E-state index contributed by atoms with van der Waals surface area (Å²) >= 11 is 0. The molecule has 3 rings (SSSR count). The third kappa shape index (κ3) is 2.76. The molecule has 106 valence electrons. The first-order chi connectivity index (χ1) is 10.3. The Morgan fingerprint density at radius 1 is 1.29 bits per heavy atom. The van der Waals surface area contributed by atoms with Crippen LogP contribution in [0.1, 0.15) is 17.3 Å². The number of pyridine rings is 1. The fourth-order valence-electron chi connectivity index (χ4n) is 2.20. The molecule has 3 aromatic rings. The molecule has 0 N–H and O–H groups in total. The minimum atomic E-state index is -0.0211. The van der Waals surface area contributed by atoms with Crippen LogP contribution in [0.2, 0.25) is 0 Å². The summed E-state index contributed by atoms with van der Waals surface area (Å²) in [7, 11) is 0. The van der Waals surface area contributed by atoms with Crippen molar-refractivity contribution in [3.8, 4) is 5.75 Å². The highest BCUT2D eigenvalue weighted by Gasteiger charge is 2.10. The van der Waals surface area contributed by atoms with E-state index in [1.54, 1.807) is 24.8 Å². The third-order valence-electron chi connectivity index (χ3n) is 3.19. The predicted molar refractivity (Wildman–Crippen MR) is 79.5 cm³/mol. The largest absolute Gasteiger partial charge is 0.492 e. The van der Waals surface area contributed by atoms with Crippen molar-refractivity contribution in [3.63, 3.8) is 0 Å². The van der Waals surface area contributed by atoms with E-state index in [0.717, 1.165) is 11.0 Å². The highest BCUT2D eigenvalue weighted by atomic mass is 16.5. The molecule has 0 spiro atoms. The molecule has 0 aliphatic carbocycles. The summed E-state index contributed by atoms with van der Waals surface area (Å²) in [6, 6.07) is 9.45. The normalized spacial score (nSPS) is 10.7. The second-order valence-electron chi connectivity index (χ2n) is 4.63. The number of benzene rings is 1. The van der Waals surface area contributed by atoms with Gasteiger partial charge in [0.2, 0.25) is 0 Å². The lowest BCUT2D eigenvalue weighted by molar-refractivity contribution is 0.0972. The van der Waals surface area contributed by atoms with Gasteiger partial charge in [0, 0.05) is 11.8 Å². The van der Waals surface area contributed by atoms with Gasteiger partial charge in [-0.2, -0.15) is 0 Å². The minimum Gasteiger partial charge on any atom is -0.492 e. The van der Waals surface area contributed by atoms with Gasteiger partial charge in [0.15, 0.2) is 5.78 Å². The van der Waals surface area contributed by atoms with Crippen molar-refractivity contribution in [3.05, 3.63) is 54.6 Å². The van der Waals surface area contributed by atoms with Crippen molar-refractivity contribution >= 4 is 16.8 Å². The average Bonchev–Trinajstić information content (AvgIpc) is 2.91. The van der Waals surface area contributed by atoms with Crippen molar-refractivity contribution in [2.24, 2.45) is 0 Å². The molecule has 0 bridgehead atoms. The maximum absolute atomic E-state index is 12.4. The second-order valence-corrected chi connectivity index (χ2v) is 4.63. The van der Waals surface area contributed by atoms with Gasteiger partial charge in [-0.05, 0) is 25.1 Å². The molecule has 0 unspecified atom stereocenters. The molecular weight excluding hydrogens is 266 g/mol. The number of imidazole rings is 1. The van der Waals surface area contributed by atoms with Crippen LogP contribution in [0.15, 0.2) is 49.1 Å². The lowest BCUT2D eigenvalue weighted by Gasteiger charge is -2.06. The number of hydrogen-bond acceptors (Lipinski definition) is 4. The van der Waals surface area contributed by atoms with E-state index in [1.165, 1.54) is 0 Å². The van der Waals surface area contributed by atoms with Crippen LogP contribution < -0.4 is 4.74 Å². The van der Waals surface area contributed by atoms with Gasteiger partial charge in [0.1, 0.15) is 5.75 Å². The smallest absolute Gasteiger partial charge is 0.184 e. The molecule has 2 aromatic heterocycles. The van der Waals surface area contributed by atoms with Gasteiger partial charge in [-0.25, -0.2) is 4.98 Å². The third-order valence-corrected chi connectivity index (χ3v) is 3.19. The Hall–Kier alpha value is -2.69. The van der Waals surface area contributed by atoms with E-state index in [4.69, 9.17) is 4.74 Å². The quantitative estimate of drug-likeness (QED) is 0.675. The van der Waals surface area contributed by atoms with Crippen LogP contribution in [-0.2, 0) is 6.54 Å². The molecule has 0 fully saturated rings. The standard InChI is InChI=1S/C16H15N3O2/c1-2-21-13-7-12(8-17-9-13)16(20)10-19-11-18-14-5-3-4-6-15(14)19/h3-9,11H,2,10H2,1H3. The van der Waals surface area contributed by atoms with Gasteiger partial charge in [0.05, 0.1) is 36.7 Å². The molecule has 1 aromatic carbocycles. The molecule has 5 heteroatoms. The van der Waals surface area contributed by atoms with Gasteiger partial charge in [-0.15, -0.1) is 0 Å². The molecule has 5 nitrogen and oxygen atoms in total. The molecule has 0 amide bonds. The van der Waals surface area contributed by atoms with Crippen molar-refractivity contribution in [1.29, 1.82) is 0 Å². The van der Waals surface area contributed by atoms with E-state index < -0.39 is 0 Å². The number of carbonyl (C=O) groups is 1. The fraction of sp³-hybridized carbons (Fsp3) is 0.188. The van der Waals surface area contributed by atoms with Crippen molar-refractivity contribution < 1.29 is 9.53 Å². The second kappa shape index (κ2) is 5.75. The SMILES string of the molecule is CCOc1cncc(C(=O)Cn2cnc3ccccc32)c1. The topological polar surface area (TPSA) is 57.0 Å². The lowest BCUT2D eigenvalue weighted by Crippen LogP contribution is -2.10. The number of hydrogen-bond donors (Lipinski definition) is 0. The molecule has 2 heterocycles. The van der Waals surface area contributed by atoms with E-state index in [9.17, 15) is 4.79 Å². The monoisotopic (exact) mass is 281 g/mol. The maximum atomic E-state index is 12.4. The van der Waals surface area contributed by atoms with Crippen LogP contribution >= 0.6 is 0 Å². The fourth-order valence-corrected chi connectivity index (χ4v) is 2.20. The van der Waals surface area contributed by atoms with Crippen LogP contribution in [0.5, 0.6) is 5.75 Å². The van der Waals surface area contributed by atoms with Gasteiger partial charge in [0.25, 0.3) is 0 Å². The molecule has 0 aliphatic heterocycles. The Balaban J connectivity index is 1.84. The number of rotatable bonds is 5. The highest BCUT2D eigenvalue weighted by molar-refractivity contribution is 5.96. The maximum Gasteiger partial charge on any atom is 0.184 e. The van der Waals surface area contributed by atoms with Gasteiger partial charge >= 0.3 is 0 Å². The molecule has 0 atom stereocenters. The summed E-state index contributed by atoms with van der Waals surface area (Å²) in [5.41, 5.74) is 2.37. The first kappa shape index (κ1) is 13.3. The molecular formula is C16H15N3O2. The first-order valence-corrected chi connectivity index (χ1v) is 6.79. The number of carbonyl (C=O) groups excluding carboxylic acids is 1. The van der Waals surface area contributed by atoms with Crippen LogP contribution in [0.25, 0.3) is 11.0 Å². The zero-order valence-corrected chi connectivity index (χ0v) is 11.7. The zero-order valence-electron chi connectivity index (χ0n) is 11.7. The number of Topliss-reactive ketones (excluding diaryl/α,β-unsaturated/α-hetero) is 1. The van der Waals surface area contributed by atoms with E-state index in [-0.39, 0.29) is 12.3 Å². The van der Waals surface area contributed by atoms with Crippen LogP contribution in [0, 0.1) is 0 Å². The molecule has 21 heavy (non-hydrogen) atoms. The number of para-hydroxylation sites is 2. The summed E-state index contributed by atoms with van der Waals surface area (Å²) in [5, 5.41) is 0. The van der Waals surface area contributed by atoms with Gasteiger partial charge < -0.3 is 9.30 Å².